The molecule has 2 aromatic rings. The second kappa shape index (κ2) is 7.55. The Morgan fingerprint density at radius 2 is 1.96 bits per heavy atom. The van der Waals surface area contributed by atoms with E-state index >= 15 is 0 Å². The standard InChI is InChI=1S/C18H25N5O2/c1-12-9-16(22-18(19)21-12)23-8-6-4-5-7-14(23)13-10-17(25-3)20-11-15(13)24-2/h9-11,14H,4-8H2,1-3H3,(H2,19,21,22)/t14-/m1/s1. The number of ether oxygens (including phenoxy) is 2. The summed E-state index contributed by atoms with van der Waals surface area (Å²) in [5.41, 5.74) is 7.81. The van der Waals surface area contributed by atoms with Gasteiger partial charge in [-0.2, -0.15) is 4.98 Å². The molecule has 0 unspecified atom stereocenters. The van der Waals surface area contributed by atoms with Gasteiger partial charge >= 0.3 is 0 Å². The number of rotatable bonds is 4. The summed E-state index contributed by atoms with van der Waals surface area (Å²) >= 11 is 0. The molecule has 0 amide bonds. The van der Waals surface area contributed by atoms with Gasteiger partial charge in [0.05, 0.1) is 26.5 Å². The number of pyridine rings is 1. The molecule has 0 bridgehead atoms. The molecule has 0 saturated carbocycles. The molecular formula is C18H25N5O2. The van der Waals surface area contributed by atoms with Crippen LogP contribution in [-0.2, 0) is 0 Å². The first kappa shape index (κ1) is 17.3. The summed E-state index contributed by atoms with van der Waals surface area (Å²) in [6, 6.07) is 4.07. The van der Waals surface area contributed by atoms with Crippen molar-refractivity contribution in [1.82, 2.24) is 15.0 Å². The largest absolute Gasteiger partial charge is 0.495 e. The Bertz CT molecular complexity index is 717. The van der Waals surface area contributed by atoms with Crippen molar-refractivity contribution in [3.8, 4) is 11.6 Å². The highest BCUT2D eigenvalue weighted by atomic mass is 16.5. The Morgan fingerprint density at radius 3 is 2.68 bits per heavy atom. The molecule has 1 aliphatic heterocycles. The van der Waals surface area contributed by atoms with Crippen LogP contribution in [0.15, 0.2) is 18.3 Å². The molecule has 2 N–H and O–H groups in total. The van der Waals surface area contributed by atoms with E-state index in [0.717, 1.165) is 48.6 Å². The van der Waals surface area contributed by atoms with Crippen molar-refractivity contribution in [2.45, 2.75) is 38.6 Å². The summed E-state index contributed by atoms with van der Waals surface area (Å²) in [5.74, 6) is 2.50. The van der Waals surface area contributed by atoms with Crippen LogP contribution in [0.2, 0.25) is 0 Å². The third-order valence-corrected chi connectivity index (χ3v) is 4.57. The number of aromatic nitrogens is 3. The van der Waals surface area contributed by atoms with Gasteiger partial charge in [0.2, 0.25) is 11.8 Å². The molecule has 1 saturated heterocycles. The predicted octanol–water partition coefficient (Wildman–Crippen LogP) is 2.90. The second-order valence-electron chi connectivity index (χ2n) is 6.25. The van der Waals surface area contributed by atoms with E-state index < -0.39 is 0 Å². The van der Waals surface area contributed by atoms with E-state index in [-0.39, 0.29) is 6.04 Å². The van der Waals surface area contributed by atoms with Crippen LogP contribution in [0.25, 0.3) is 0 Å². The number of methoxy groups -OCH3 is 2. The number of nitrogens with two attached hydrogens (primary N) is 1. The van der Waals surface area contributed by atoms with Gasteiger partial charge in [-0.25, -0.2) is 9.97 Å². The molecule has 0 spiro atoms. The first-order valence-electron chi connectivity index (χ1n) is 8.58. The number of hydrogen-bond donors (Lipinski definition) is 1. The first-order chi connectivity index (χ1) is 12.1. The molecule has 25 heavy (non-hydrogen) atoms. The van der Waals surface area contributed by atoms with Crippen LogP contribution < -0.4 is 20.1 Å². The van der Waals surface area contributed by atoms with Crippen LogP contribution >= 0.6 is 0 Å². The molecule has 1 atom stereocenters. The van der Waals surface area contributed by atoms with E-state index in [4.69, 9.17) is 15.2 Å². The van der Waals surface area contributed by atoms with Crippen LogP contribution in [-0.4, -0.2) is 35.7 Å². The van der Waals surface area contributed by atoms with Gasteiger partial charge in [0.15, 0.2) is 0 Å². The van der Waals surface area contributed by atoms with E-state index in [9.17, 15) is 0 Å². The zero-order valence-corrected chi connectivity index (χ0v) is 15.0. The van der Waals surface area contributed by atoms with Gasteiger partial charge < -0.3 is 20.1 Å². The topological polar surface area (TPSA) is 86.4 Å². The molecule has 0 aliphatic carbocycles. The smallest absolute Gasteiger partial charge is 0.222 e. The fourth-order valence-electron chi connectivity index (χ4n) is 3.41. The van der Waals surface area contributed by atoms with Gasteiger partial charge in [-0.3, -0.25) is 0 Å². The Morgan fingerprint density at radius 1 is 1.12 bits per heavy atom. The van der Waals surface area contributed by atoms with Crippen LogP contribution in [0.5, 0.6) is 11.6 Å². The Kier molecular flexibility index (Phi) is 5.21. The number of nitrogen functional groups attached to an aromatic ring is 1. The van der Waals surface area contributed by atoms with Crippen LogP contribution in [0.3, 0.4) is 0 Å². The van der Waals surface area contributed by atoms with Crippen molar-refractivity contribution in [1.29, 1.82) is 0 Å². The van der Waals surface area contributed by atoms with Gasteiger partial charge in [-0.05, 0) is 19.8 Å². The third kappa shape index (κ3) is 3.75. The van der Waals surface area contributed by atoms with Gasteiger partial charge in [-0.1, -0.05) is 12.8 Å². The molecule has 134 valence electrons. The van der Waals surface area contributed by atoms with Gasteiger partial charge in [0.25, 0.3) is 0 Å². The maximum Gasteiger partial charge on any atom is 0.222 e. The number of aryl methyl sites for hydroxylation is 1. The SMILES string of the molecule is COc1cc([C@H]2CCCCCN2c2cc(C)nc(N)n2)c(OC)cn1. The second-order valence-corrected chi connectivity index (χ2v) is 6.25. The molecule has 3 rings (SSSR count). The summed E-state index contributed by atoms with van der Waals surface area (Å²) in [6.45, 7) is 2.85. The van der Waals surface area contributed by atoms with Crippen molar-refractivity contribution in [3.05, 3.63) is 29.6 Å². The molecule has 0 radical (unpaired) electrons. The number of hydrogen-bond acceptors (Lipinski definition) is 7. The zero-order chi connectivity index (χ0) is 17.8. The Labute approximate surface area is 148 Å². The molecule has 3 heterocycles. The van der Waals surface area contributed by atoms with Crippen molar-refractivity contribution >= 4 is 11.8 Å². The molecular weight excluding hydrogens is 318 g/mol. The monoisotopic (exact) mass is 343 g/mol. The van der Waals surface area contributed by atoms with Crippen molar-refractivity contribution < 1.29 is 9.47 Å². The summed E-state index contributed by atoms with van der Waals surface area (Å²) < 4.78 is 10.9. The maximum absolute atomic E-state index is 5.89. The highest BCUT2D eigenvalue weighted by molar-refractivity contribution is 5.49. The van der Waals surface area contributed by atoms with Gasteiger partial charge in [-0.15, -0.1) is 0 Å². The minimum atomic E-state index is 0.128. The average molecular weight is 343 g/mol. The Balaban J connectivity index is 2.07. The average Bonchev–Trinajstić information content (AvgIpc) is 2.86. The first-order valence-corrected chi connectivity index (χ1v) is 8.58. The highest BCUT2D eigenvalue weighted by Gasteiger charge is 2.27. The molecule has 7 nitrogen and oxygen atoms in total. The number of anilines is 2. The van der Waals surface area contributed by atoms with Gasteiger partial charge in [0.1, 0.15) is 11.6 Å². The summed E-state index contributed by atoms with van der Waals surface area (Å²) in [5, 5.41) is 0. The van der Waals surface area contributed by atoms with Gasteiger partial charge in [0, 0.05) is 29.9 Å². The normalized spacial score (nSPS) is 17.9. The summed E-state index contributed by atoms with van der Waals surface area (Å²) in [7, 11) is 3.29. The van der Waals surface area contributed by atoms with Crippen molar-refractivity contribution in [2.75, 3.05) is 31.4 Å². The quantitative estimate of drug-likeness (QED) is 0.913. The molecule has 0 aromatic carbocycles. The molecule has 1 aliphatic rings. The lowest BCUT2D eigenvalue weighted by Crippen LogP contribution is -2.30. The van der Waals surface area contributed by atoms with Crippen molar-refractivity contribution in [2.24, 2.45) is 0 Å². The summed E-state index contributed by atoms with van der Waals surface area (Å²) in [6.07, 6.45) is 6.18. The summed E-state index contributed by atoms with van der Waals surface area (Å²) in [4.78, 5) is 15.2. The third-order valence-electron chi connectivity index (χ3n) is 4.57. The van der Waals surface area contributed by atoms with Crippen LogP contribution in [0.1, 0.15) is 43.0 Å². The minimum absolute atomic E-state index is 0.128. The zero-order valence-electron chi connectivity index (χ0n) is 15.0. The van der Waals surface area contributed by atoms with Crippen LogP contribution in [0, 0.1) is 6.92 Å². The van der Waals surface area contributed by atoms with Crippen LogP contribution in [0.4, 0.5) is 11.8 Å². The maximum atomic E-state index is 5.89. The number of nitrogens with zero attached hydrogens (tertiary/aromatic N) is 4. The van der Waals surface area contributed by atoms with E-state index in [1.54, 1.807) is 20.4 Å². The molecule has 7 heteroatoms. The lowest BCUT2D eigenvalue weighted by Gasteiger charge is -2.32. The predicted molar refractivity (Wildman–Crippen MR) is 97.1 cm³/mol. The molecule has 2 aromatic heterocycles. The van der Waals surface area contributed by atoms with Crippen molar-refractivity contribution in [3.63, 3.8) is 0 Å². The fourth-order valence-corrected chi connectivity index (χ4v) is 3.41. The highest BCUT2D eigenvalue weighted by Crippen LogP contribution is 2.38. The van der Waals surface area contributed by atoms with E-state index in [1.807, 2.05) is 19.1 Å². The van der Waals surface area contributed by atoms with E-state index in [0.29, 0.717) is 11.8 Å². The lowest BCUT2D eigenvalue weighted by atomic mass is 10.0. The fraction of sp³-hybridized carbons (Fsp3) is 0.500. The van der Waals surface area contributed by atoms with E-state index in [1.165, 1.54) is 6.42 Å². The lowest BCUT2D eigenvalue weighted by molar-refractivity contribution is 0.379. The molecule has 1 fully saturated rings. The Hall–Kier alpha value is -2.57. The van der Waals surface area contributed by atoms with E-state index in [2.05, 4.69) is 19.9 Å². The minimum Gasteiger partial charge on any atom is -0.495 e.